The molecule has 0 unspecified atom stereocenters. The number of benzene rings is 1. The number of pyridine rings is 1. The zero-order valence-electron chi connectivity index (χ0n) is 11.8. The molecule has 3 nitrogen and oxygen atoms in total. The van der Waals surface area contributed by atoms with E-state index in [-0.39, 0.29) is 5.91 Å². The number of anilines is 1. The van der Waals surface area contributed by atoms with Crippen molar-refractivity contribution in [3.8, 4) is 0 Å². The standard InChI is InChI=1S/C16H17ClN2O/c1-11-9-10-18-14(17)13(11)19-15(20)16(2,3)12-7-5-4-6-8-12/h4-10H,1-3H3,(H,19,20). The number of carbonyl (C=O) groups is 1. The number of hydrogen-bond donors (Lipinski definition) is 1. The molecule has 0 saturated carbocycles. The lowest BCUT2D eigenvalue weighted by atomic mass is 9.83. The smallest absolute Gasteiger partial charge is 0.234 e. The van der Waals surface area contributed by atoms with Crippen LogP contribution in [0.5, 0.6) is 0 Å². The number of hydrogen-bond acceptors (Lipinski definition) is 2. The van der Waals surface area contributed by atoms with E-state index in [0.29, 0.717) is 10.8 Å². The van der Waals surface area contributed by atoms with Crippen LogP contribution in [0.3, 0.4) is 0 Å². The lowest BCUT2D eigenvalue weighted by Crippen LogP contribution is -2.35. The molecule has 0 spiro atoms. The van der Waals surface area contributed by atoms with E-state index in [9.17, 15) is 4.79 Å². The van der Waals surface area contributed by atoms with Crippen molar-refractivity contribution in [1.82, 2.24) is 4.98 Å². The van der Waals surface area contributed by atoms with Crippen molar-refractivity contribution < 1.29 is 4.79 Å². The third-order valence-electron chi connectivity index (χ3n) is 3.41. The normalized spacial score (nSPS) is 11.2. The van der Waals surface area contributed by atoms with Crippen LogP contribution in [-0.4, -0.2) is 10.9 Å². The van der Waals surface area contributed by atoms with Crippen LogP contribution in [0.1, 0.15) is 25.0 Å². The van der Waals surface area contributed by atoms with Gasteiger partial charge in [-0.25, -0.2) is 4.98 Å². The molecule has 0 saturated heterocycles. The number of amides is 1. The molecule has 0 aliphatic carbocycles. The van der Waals surface area contributed by atoms with Crippen LogP contribution in [-0.2, 0) is 10.2 Å². The minimum Gasteiger partial charge on any atom is -0.322 e. The Morgan fingerprint density at radius 3 is 2.45 bits per heavy atom. The summed E-state index contributed by atoms with van der Waals surface area (Å²) in [5.74, 6) is -0.110. The SMILES string of the molecule is Cc1ccnc(Cl)c1NC(=O)C(C)(C)c1ccccc1. The summed E-state index contributed by atoms with van der Waals surface area (Å²) in [5, 5.41) is 3.19. The molecule has 2 rings (SSSR count). The highest BCUT2D eigenvalue weighted by atomic mass is 35.5. The monoisotopic (exact) mass is 288 g/mol. The summed E-state index contributed by atoms with van der Waals surface area (Å²) in [5.41, 5.74) is 1.77. The Bertz CT molecular complexity index is 603. The molecular weight excluding hydrogens is 272 g/mol. The van der Waals surface area contributed by atoms with Crippen LogP contribution in [0.4, 0.5) is 5.69 Å². The first kappa shape index (κ1) is 14.5. The van der Waals surface area contributed by atoms with Crippen molar-refractivity contribution >= 4 is 23.2 Å². The molecule has 20 heavy (non-hydrogen) atoms. The van der Waals surface area contributed by atoms with Gasteiger partial charge in [-0.2, -0.15) is 0 Å². The Kier molecular flexibility index (Phi) is 4.09. The van der Waals surface area contributed by atoms with Gasteiger partial charge in [0.05, 0.1) is 11.1 Å². The van der Waals surface area contributed by atoms with Crippen molar-refractivity contribution in [3.63, 3.8) is 0 Å². The van der Waals surface area contributed by atoms with Crippen molar-refractivity contribution in [3.05, 3.63) is 58.9 Å². The topological polar surface area (TPSA) is 42.0 Å². The van der Waals surface area contributed by atoms with Crippen LogP contribution in [0.25, 0.3) is 0 Å². The van der Waals surface area contributed by atoms with Gasteiger partial charge in [0.2, 0.25) is 5.91 Å². The molecule has 1 amide bonds. The molecule has 2 aromatic rings. The molecule has 0 aliphatic rings. The van der Waals surface area contributed by atoms with Crippen LogP contribution in [0, 0.1) is 6.92 Å². The highest BCUT2D eigenvalue weighted by molar-refractivity contribution is 6.32. The summed E-state index contributed by atoms with van der Waals surface area (Å²) in [7, 11) is 0. The number of rotatable bonds is 3. The third-order valence-corrected chi connectivity index (χ3v) is 3.70. The first-order valence-electron chi connectivity index (χ1n) is 6.41. The maximum absolute atomic E-state index is 12.5. The van der Waals surface area contributed by atoms with Crippen molar-refractivity contribution in [2.75, 3.05) is 5.32 Å². The third kappa shape index (κ3) is 2.83. The molecule has 1 N–H and O–H groups in total. The van der Waals surface area contributed by atoms with Gasteiger partial charge in [0.25, 0.3) is 0 Å². The Hall–Kier alpha value is -1.87. The molecule has 1 aromatic heterocycles. The second-order valence-electron chi connectivity index (χ2n) is 5.24. The number of carbonyl (C=O) groups excluding carboxylic acids is 1. The van der Waals surface area contributed by atoms with E-state index in [4.69, 9.17) is 11.6 Å². The lowest BCUT2D eigenvalue weighted by Gasteiger charge is -2.24. The maximum Gasteiger partial charge on any atom is 0.234 e. The molecule has 0 radical (unpaired) electrons. The largest absolute Gasteiger partial charge is 0.322 e. The molecule has 0 bridgehead atoms. The zero-order valence-corrected chi connectivity index (χ0v) is 12.5. The molecule has 1 aromatic carbocycles. The molecular formula is C16H17ClN2O. The van der Waals surface area contributed by atoms with E-state index in [2.05, 4.69) is 10.3 Å². The van der Waals surface area contributed by atoms with Gasteiger partial charge >= 0.3 is 0 Å². The lowest BCUT2D eigenvalue weighted by molar-refractivity contribution is -0.120. The molecule has 1 heterocycles. The molecule has 104 valence electrons. The number of nitrogens with one attached hydrogen (secondary N) is 1. The fraction of sp³-hybridized carbons (Fsp3) is 0.250. The summed E-state index contributed by atoms with van der Waals surface area (Å²) in [6.45, 7) is 5.66. The Balaban J connectivity index is 2.28. The van der Waals surface area contributed by atoms with E-state index in [0.717, 1.165) is 11.1 Å². The number of aryl methyl sites for hydroxylation is 1. The van der Waals surface area contributed by atoms with E-state index >= 15 is 0 Å². The summed E-state index contributed by atoms with van der Waals surface area (Å²) >= 11 is 6.04. The molecule has 0 atom stereocenters. The molecule has 4 heteroatoms. The van der Waals surface area contributed by atoms with Crippen LogP contribution >= 0.6 is 11.6 Å². The second kappa shape index (κ2) is 5.63. The highest BCUT2D eigenvalue weighted by Gasteiger charge is 2.30. The van der Waals surface area contributed by atoms with Gasteiger partial charge in [0.15, 0.2) is 5.15 Å². The van der Waals surface area contributed by atoms with Crippen molar-refractivity contribution in [2.24, 2.45) is 0 Å². The predicted molar refractivity (Wildman–Crippen MR) is 82.1 cm³/mol. The maximum atomic E-state index is 12.5. The quantitative estimate of drug-likeness (QED) is 0.869. The van der Waals surface area contributed by atoms with Gasteiger partial charge in [0, 0.05) is 6.20 Å². The van der Waals surface area contributed by atoms with E-state index < -0.39 is 5.41 Å². The van der Waals surface area contributed by atoms with E-state index in [1.165, 1.54) is 0 Å². The van der Waals surface area contributed by atoms with Gasteiger partial charge in [-0.3, -0.25) is 4.79 Å². The Morgan fingerprint density at radius 2 is 1.85 bits per heavy atom. The summed E-state index contributed by atoms with van der Waals surface area (Å²) in [6, 6.07) is 11.5. The van der Waals surface area contributed by atoms with Crippen LogP contribution < -0.4 is 5.32 Å². The average Bonchev–Trinajstić information content (AvgIpc) is 2.43. The van der Waals surface area contributed by atoms with E-state index in [1.54, 1.807) is 6.20 Å². The summed E-state index contributed by atoms with van der Waals surface area (Å²) in [6.07, 6.45) is 1.62. The van der Waals surface area contributed by atoms with Crippen molar-refractivity contribution in [1.29, 1.82) is 0 Å². The van der Waals surface area contributed by atoms with Crippen LogP contribution in [0.2, 0.25) is 5.15 Å². The Labute approximate surface area is 124 Å². The summed E-state index contributed by atoms with van der Waals surface area (Å²) < 4.78 is 0. The Morgan fingerprint density at radius 1 is 1.20 bits per heavy atom. The summed E-state index contributed by atoms with van der Waals surface area (Å²) in [4.78, 5) is 16.5. The van der Waals surface area contributed by atoms with Gasteiger partial charge in [-0.05, 0) is 38.0 Å². The molecule has 0 fully saturated rings. The van der Waals surface area contributed by atoms with Gasteiger partial charge < -0.3 is 5.32 Å². The van der Waals surface area contributed by atoms with Crippen LogP contribution in [0.15, 0.2) is 42.6 Å². The zero-order chi connectivity index (χ0) is 14.8. The fourth-order valence-corrected chi connectivity index (χ4v) is 2.18. The minimum absolute atomic E-state index is 0.110. The van der Waals surface area contributed by atoms with Gasteiger partial charge in [-0.15, -0.1) is 0 Å². The van der Waals surface area contributed by atoms with Gasteiger partial charge in [-0.1, -0.05) is 41.9 Å². The van der Waals surface area contributed by atoms with E-state index in [1.807, 2.05) is 57.2 Å². The van der Waals surface area contributed by atoms with Gasteiger partial charge in [0.1, 0.15) is 0 Å². The first-order valence-corrected chi connectivity index (χ1v) is 6.79. The minimum atomic E-state index is -0.646. The number of aromatic nitrogens is 1. The number of nitrogens with zero attached hydrogens (tertiary/aromatic N) is 1. The first-order chi connectivity index (χ1) is 9.43. The van der Waals surface area contributed by atoms with Crippen molar-refractivity contribution in [2.45, 2.75) is 26.2 Å². The average molecular weight is 289 g/mol. The predicted octanol–water partition coefficient (Wildman–Crippen LogP) is 3.96. The highest BCUT2D eigenvalue weighted by Crippen LogP contribution is 2.28. The number of halogens is 1. The second-order valence-corrected chi connectivity index (χ2v) is 5.60. The molecule has 0 aliphatic heterocycles. The fourth-order valence-electron chi connectivity index (χ4n) is 1.93.